The van der Waals surface area contributed by atoms with Crippen molar-refractivity contribution in [2.75, 3.05) is 7.05 Å². The fraction of sp³-hybridized carbons (Fsp3) is 0.444. The molecule has 35 heavy (non-hydrogen) atoms. The van der Waals surface area contributed by atoms with Crippen LogP contribution in [0.15, 0.2) is 42.5 Å². The third-order valence-electron chi connectivity index (χ3n) is 6.64. The molecule has 0 spiro atoms. The number of likely N-dealkylation sites (N-methyl/N-ethyl adjacent to an activating group) is 1. The minimum Gasteiger partial charge on any atom is -0.489 e. The predicted molar refractivity (Wildman–Crippen MR) is 138 cm³/mol. The number of carbonyl (C=O) groups excluding carboxylic acids is 2. The number of ether oxygens (including phenoxy) is 1. The van der Waals surface area contributed by atoms with E-state index in [1.54, 1.807) is 25.2 Å². The number of nitrogens with zero attached hydrogens (tertiary/aromatic N) is 1. The summed E-state index contributed by atoms with van der Waals surface area (Å²) in [5.41, 5.74) is 2.46. The van der Waals surface area contributed by atoms with Crippen LogP contribution in [0.4, 0.5) is 0 Å². The van der Waals surface area contributed by atoms with E-state index in [1.165, 1.54) is 0 Å². The standard InChI is InChI=1S/C27H33ClN4O3/c1-16(2)35-24-13-12-19(15-20(24)28)26(33)32-23(27(34)29-3)14-17-8-10-18(11-9-17)25-30-21-6-4-5-7-22(21)31-25/h4-7,12-13,15-18,23H,8-11,14H2,1-3H3,(H,29,34)(H,30,31)(H,32,33). The molecule has 2 aromatic carbocycles. The molecule has 4 rings (SSSR count). The first-order valence-corrected chi connectivity index (χ1v) is 12.6. The summed E-state index contributed by atoms with van der Waals surface area (Å²) < 4.78 is 5.64. The third kappa shape index (κ3) is 6.14. The quantitative estimate of drug-likeness (QED) is 0.398. The number of hydrogen-bond donors (Lipinski definition) is 3. The van der Waals surface area contributed by atoms with Crippen molar-refractivity contribution in [2.24, 2.45) is 5.92 Å². The maximum absolute atomic E-state index is 12.9. The normalized spacial score (nSPS) is 18.9. The molecule has 1 fully saturated rings. The highest BCUT2D eigenvalue weighted by Crippen LogP contribution is 2.37. The van der Waals surface area contributed by atoms with Crippen LogP contribution in [0.2, 0.25) is 5.02 Å². The van der Waals surface area contributed by atoms with Crippen LogP contribution < -0.4 is 15.4 Å². The van der Waals surface area contributed by atoms with Gasteiger partial charge in [-0.1, -0.05) is 23.7 Å². The number of amides is 2. The van der Waals surface area contributed by atoms with Gasteiger partial charge in [0.15, 0.2) is 0 Å². The summed E-state index contributed by atoms with van der Waals surface area (Å²) in [6.07, 6.45) is 4.56. The van der Waals surface area contributed by atoms with E-state index < -0.39 is 6.04 Å². The van der Waals surface area contributed by atoms with Crippen molar-refractivity contribution in [1.29, 1.82) is 0 Å². The molecule has 186 valence electrons. The summed E-state index contributed by atoms with van der Waals surface area (Å²) in [6.45, 7) is 3.82. The van der Waals surface area contributed by atoms with Gasteiger partial charge in [0.1, 0.15) is 17.6 Å². The molecule has 7 nitrogen and oxygen atoms in total. The Morgan fingerprint density at radius 3 is 2.54 bits per heavy atom. The molecule has 1 aromatic heterocycles. The lowest BCUT2D eigenvalue weighted by molar-refractivity contribution is -0.123. The Morgan fingerprint density at radius 1 is 1.14 bits per heavy atom. The smallest absolute Gasteiger partial charge is 0.251 e. The second-order valence-electron chi connectivity index (χ2n) is 9.54. The first-order chi connectivity index (χ1) is 16.8. The van der Waals surface area contributed by atoms with Crippen LogP contribution in [0.1, 0.15) is 68.1 Å². The molecular weight excluding hydrogens is 464 g/mol. The van der Waals surface area contributed by atoms with Gasteiger partial charge in [-0.05, 0) is 82.2 Å². The SMILES string of the molecule is CNC(=O)C(CC1CCC(c2nc3ccccc3[nH]2)CC1)NC(=O)c1ccc(OC(C)C)c(Cl)c1. The first-order valence-electron chi connectivity index (χ1n) is 12.3. The van der Waals surface area contributed by atoms with Crippen LogP contribution in [0.25, 0.3) is 11.0 Å². The lowest BCUT2D eigenvalue weighted by Crippen LogP contribution is -2.47. The van der Waals surface area contributed by atoms with Gasteiger partial charge in [0.05, 0.1) is 22.2 Å². The summed E-state index contributed by atoms with van der Waals surface area (Å²) >= 11 is 6.30. The van der Waals surface area contributed by atoms with Gasteiger partial charge < -0.3 is 20.4 Å². The van der Waals surface area contributed by atoms with Gasteiger partial charge in [-0.2, -0.15) is 0 Å². The molecule has 0 aliphatic heterocycles. The van der Waals surface area contributed by atoms with Gasteiger partial charge in [-0.15, -0.1) is 0 Å². The largest absolute Gasteiger partial charge is 0.489 e. The van der Waals surface area contributed by atoms with E-state index in [0.29, 0.717) is 34.6 Å². The van der Waals surface area contributed by atoms with E-state index in [9.17, 15) is 9.59 Å². The lowest BCUT2D eigenvalue weighted by atomic mass is 9.79. The number of nitrogens with one attached hydrogen (secondary N) is 3. The maximum Gasteiger partial charge on any atom is 0.251 e. The van der Waals surface area contributed by atoms with Crippen LogP contribution in [0, 0.1) is 5.92 Å². The molecule has 1 saturated carbocycles. The van der Waals surface area contributed by atoms with Crippen molar-refractivity contribution < 1.29 is 14.3 Å². The number of hydrogen-bond acceptors (Lipinski definition) is 4. The highest BCUT2D eigenvalue weighted by atomic mass is 35.5. The zero-order valence-corrected chi connectivity index (χ0v) is 21.2. The molecule has 2 amide bonds. The number of fused-ring (bicyclic) bond motifs is 1. The number of H-pyrrole nitrogens is 1. The van der Waals surface area contributed by atoms with E-state index >= 15 is 0 Å². The van der Waals surface area contributed by atoms with E-state index in [4.69, 9.17) is 21.3 Å². The zero-order valence-electron chi connectivity index (χ0n) is 20.4. The van der Waals surface area contributed by atoms with Gasteiger partial charge >= 0.3 is 0 Å². The Bertz CT molecular complexity index is 1150. The van der Waals surface area contributed by atoms with Crippen molar-refractivity contribution in [3.8, 4) is 5.75 Å². The van der Waals surface area contributed by atoms with Crippen LogP contribution in [0.5, 0.6) is 5.75 Å². The number of carbonyl (C=O) groups is 2. The molecule has 1 heterocycles. The van der Waals surface area contributed by atoms with E-state index in [1.807, 2.05) is 38.1 Å². The van der Waals surface area contributed by atoms with E-state index in [2.05, 4.69) is 15.6 Å². The van der Waals surface area contributed by atoms with Crippen molar-refractivity contribution >= 4 is 34.4 Å². The highest BCUT2D eigenvalue weighted by Gasteiger charge is 2.29. The average Bonchev–Trinajstić information content (AvgIpc) is 3.29. The second-order valence-corrected chi connectivity index (χ2v) is 9.95. The minimum atomic E-state index is -0.606. The Kier molecular flexibility index (Phi) is 7.96. The molecule has 3 aromatic rings. The summed E-state index contributed by atoms with van der Waals surface area (Å²) in [5, 5.41) is 5.97. The Hall–Kier alpha value is -3.06. The van der Waals surface area contributed by atoms with Crippen LogP contribution >= 0.6 is 11.6 Å². The number of halogens is 1. The van der Waals surface area contributed by atoms with Crippen molar-refractivity contribution in [1.82, 2.24) is 20.6 Å². The molecule has 1 atom stereocenters. The molecule has 1 aliphatic carbocycles. The van der Waals surface area contributed by atoms with E-state index in [0.717, 1.165) is 42.5 Å². The van der Waals surface area contributed by atoms with Crippen molar-refractivity contribution in [3.63, 3.8) is 0 Å². The minimum absolute atomic E-state index is 0.0215. The zero-order chi connectivity index (χ0) is 24.9. The predicted octanol–water partition coefficient (Wildman–Crippen LogP) is 5.21. The summed E-state index contributed by atoms with van der Waals surface area (Å²) in [4.78, 5) is 33.7. The number of aromatic nitrogens is 2. The number of para-hydroxylation sites is 2. The average molecular weight is 497 g/mol. The first kappa shape index (κ1) is 25.0. The van der Waals surface area contributed by atoms with Crippen LogP contribution in [0.3, 0.4) is 0 Å². The fourth-order valence-electron chi connectivity index (χ4n) is 4.81. The third-order valence-corrected chi connectivity index (χ3v) is 6.93. The molecule has 3 N–H and O–H groups in total. The summed E-state index contributed by atoms with van der Waals surface area (Å²) in [5.74, 6) is 1.80. The number of benzene rings is 2. The highest BCUT2D eigenvalue weighted by molar-refractivity contribution is 6.32. The molecule has 0 radical (unpaired) electrons. The maximum atomic E-state index is 12.9. The van der Waals surface area contributed by atoms with Gasteiger partial charge in [0.25, 0.3) is 5.91 Å². The van der Waals surface area contributed by atoms with Gasteiger partial charge in [0.2, 0.25) is 5.91 Å². The molecule has 8 heteroatoms. The number of aromatic amines is 1. The number of rotatable bonds is 8. The molecule has 0 bridgehead atoms. The molecule has 1 unspecified atom stereocenters. The Labute approximate surface area is 211 Å². The Balaban J connectivity index is 1.36. The summed E-state index contributed by atoms with van der Waals surface area (Å²) in [6, 6.07) is 12.4. The Morgan fingerprint density at radius 2 is 1.89 bits per heavy atom. The molecule has 1 aliphatic rings. The van der Waals surface area contributed by atoms with Crippen LogP contribution in [-0.2, 0) is 4.79 Å². The van der Waals surface area contributed by atoms with Crippen molar-refractivity contribution in [3.05, 3.63) is 58.9 Å². The van der Waals surface area contributed by atoms with Gasteiger partial charge in [-0.25, -0.2) is 4.98 Å². The van der Waals surface area contributed by atoms with Crippen LogP contribution in [-0.4, -0.2) is 41.0 Å². The molecular formula is C27H33ClN4O3. The van der Waals surface area contributed by atoms with Gasteiger partial charge in [-0.3, -0.25) is 9.59 Å². The molecule has 0 saturated heterocycles. The lowest BCUT2D eigenvalue weighted by Gasteiger charge is -2.30. The van der Waals surface area contributed by atoms with Gasteiger partial charge in [0, 0.05) is 18.5 Å². The number of imidazole rings is 1. The second kappa shape index (κ2) is 11.1. The van der Waals surface area contributed by atoms with E-state index in [-0.39, 0.29) is 17.9 Å². The topological polar surface area (TPSA) is 96.1 Å². The monoisotopic (exact) mass is 496 g/mol. The summed E-state index contributed by atoms with van der Waals surface area (Å²) in [7, 11) is 1.59. The van der Waals surface area contributed by atoms with Crippen molar-refractivity contribution in [2.45, 2.75) is 64.0 Å². The fourth-order valence-corrected chi connectivity index (χ4v) is 5.03.